The normalized spacial score (nSPS) is 11.0. The first-order chi connectivity index (χ1) is 10.8. The summed E-state index contributed by atoms with van der Waals surface area (Å²) in [5, 5.41) is 2.70. The van der Waals surface area contributed by atoms with Gasteiger partial charge in [-0.1, -0.05) is 0 Å². The van der Waals surface area contributed by atoms with Crippen LogP contribution in [0.15, 0.2) is 24.3 Å². The SMILES string of the molecule is CCOc1ccc(C(=O)NCCC(=O)OCC[N+](C)(C)C)cc1. The van der Waals surface area contributed by atoms with Gasteiger partial charge in [-0.15, -0.1) is 0 Å². The number of rotatable bonds is 9. The number of carbonyl (C=O) groups is 2. The van der Waals surface area contributed by atoms with Crippen molar-refractivity contribution in [3.63, 3.8) is 0 Å². The summed E-state index contributed by atoms with van der Waals surface area (Å²) >= 11 is 0. The van der Waals surface area contributed by atoms with Gasteiger partial charge >= 0.3 is 5.97 Å². The average Bonchev–Trinajstić information content (AvgIpc) is 2.47. The van der Waals surface area contributed by atoms with E-state index in [0.29, 0.717) is 18.8 Å². The number of nitrogens with zero attached hydrogens (tertiary/aromatic N) is 1. The molecule has 1 aromatic rings. The Morgan fingerprint density at radius 1 is 1.13 bits per heavy atom. The molecule has 0 fully saturated rings. The Balaban J connectivity index is 2.26. The summed E-state index contributed by atoms with van der Waals surface area (Å²) in [7, 11) is 6.10. The molecule has 1 rings (SSSR count). The zero-order valence-electron chi connectivity index (χ0n) is 14.4. The number of hydrogen-bond donors (Lipinski definition) is 1. The maximum atomic E-state index is 11.9. The molecule has 23 heavy (non-hydrogen) atoms. The minimum absolute atomic E-state index is 0.167. The number of carbonyl (C=O) groups excluding carboxylic acids is 2. The molecule has 0 atom stereocenters. The van der Waals surface area contributed by atoms with Gasteiger partial charge in [-0.05, 0) is 31.2 Å². The number of nitrogens with one attached hydrogen (secondary N) is 1. The smallest absolute Gasteiger partial charge is 0.307 e. The van der Waals surface area contributed by atoms with Gasteiger partial charge in [0, 0.05) is 12.1 Å². The minimum Gasteiger partial charge on any atom is -0.494 e. The van der Waals surface area contributed by atoms with E-state index in [9.17, 15) is 9.59 Å². The highest BCUT2D eigenvalue weighted by Gasteiger charge is 2.10. The Morgan fingerprint density at radius 3 is 2.35 bits per heavy atom. The first kappa shape index (κ1) is 19.0. The lowest BCUT2D eigenvalue weighted by molar-refractivity contribution is -0.870. The largest absolute Gasteiger partial charge is 0.494 e. The topological polar surface area (TPSA) is 64.6 Å². The summed E-state index contributed by atoms with van der Waals surface area (Å²) in [5.74, 6) is 0.211. The number of quaternary nitrogens is 1. The van der Waals surface area contributed by atoms with Crippen LogP contribution in [-0.2, 0) is 9.53 Å². The van der Waals surface area contributed by atoms with Crippen molar-refractivity contribution >= 4 is 11.9 Å². The van der Waals surface area contributed by atoms with E-state index in [4.69, 9.17) is 9.47 Å². The molecule has 128 valence electrons. The maximum absolute atomic E-state index is 11.9. The predicted octanol–water partition coefficient (Wildman–Crippen LogP) is 1.45. The second-order valence-corrected chi connectivity index (χ2v) is 6.20. The van der Waals surface area contributed by atoms with Gasteiger partial charge in [-0.3, -0.25) is 9.59 Å². The lowest BCUT2D eigenvalue weighted by atomic mass is 10.2. The van der Waals surface area contributed by atoms with E-state index in [0.717, 1.165) is 16.8 Å². The molecule has 0 bridgehead atoms. The number of amides is 1. The number of benzene rings is 1. The molecule has 6 nitrogen and oxygen atoms in total. The molecule has 0 aromatic heterocycles. The standard InChI is InChI=1S/C17H26N2O4/c1-5-22-15-8-6-14(7-9-15)17(21)18-11-10-16(20)23-13-12-19(2,3)4/h6-9H,5,10-13H2,1-4H3/p+1. The molecule has 0 aliphatic rings. The third kappa shape index (κ3) is 8.21. The highest BCUT2D eigenvalue weighted by atomic mass is 16.5. The highest BCUT2D eigenvalue weighted by molar-refractivity contribution is 5.94. The van der Waals surface area contributed by atoms with Gasteiger partial charge in [0.15, 0.2) is 0 Å². The monoisotopic (exact) mass is 323 g/mol. The van der Waals surface area contributed by atoms with E-state index in [2.05, 4.69) is 5.32 Å². The van der Waals surface area contributed by atoms with Crippen LogP contribution in [-0.4, -0.2) is 63.8 Å². The molecule has 0 radical (unpaired) electrons. The maximum Gasteiger partial charge on any atom is 0.307 e. The van der Waals surface area contributed by atoms with Crippen molar-refractivity contribution in [1.29, 1.82) is 0 Å². The summed E-state index contributed by atoms with van der Waals surface area (Å²) in [4.78, 5) is 23.5. The van der Waals surface area contributed by atoms with Gasteiger partial charge in [0.2, 0.25) is 0 Å². The fourth-order valence-corrected chi connectivity index (χ4v) is 1.75. The fraction of sp³-hybridized carbons (Fsp3) is 0.529. The molecule has 0 heterocycles. The predicted molar refractivity (Wildman–Crippen MR) is 88.4 cm³/mol. The van der Waals surface area contributed by atoms with Crippen molar-refractivity contribution in [2.75, 3.05) is 47.4 Å². The zero-order valence-corrected chi connectivity index (χ0v) is 14.4. The number of likely N-dealkylation sites (N-methyl/N-ethyl adjacent to an activating group) is 1. The lowest BCUT2D eigenvalue weighted by Crippen LogP contribution is -2.38. The van der Waals surface area contributed by atoms with Crippen LogP contribution in [0, 0.1) is 0 Å². The molecule has 6 heteroatoms. The average molecular weight is 323 g/mol. The van der Waals surface area contributed by atoms with Crippen molar-refractivity contribution in [2.45, 2.75) is 13.3 Å². The molecular weight excluding hydrogens is 296 g/mol. The van der Waals surface area contributed by atoms with Gasteiger partial charge in [-0.25, -0.2) is 0 Å². The lowest BCUT2D eigenvalue weighted by Gasteiger charge is -2.23. The van der Waals surface area contributed by atoms with Crippen molar-refractivity contribution < 1.29 is 23.5 Å². The second kappa shape index (κ2) is 9.15. The van der Waals surface area contributed by atoms with Gasteiger partial charge < -0.3 is 19.3 Å². The van der Waals surface area contributed by atoms with Gasteiger partial charge in [0.05, 0.1) is 34.2 Å². The van der Waals surface area contributed by atoms with Crippen LogP contribution in [0.25, 0.3) is 0 Å². The third-order valence-electron chi connectivity index (χ3n) is 3.07. The van der Waals surface area contributed by atoms with E-state index in [-0.39, 0.29) is 24.8 Å². The second-order valence-electron chi connectivity index (χ2n) is 6.20. The number of esters is 1. The zero-order chi connectivity index (χ0) is 17.3. The molecule has 0 spiro atoms. The van der Waals surface area contributed by atoms with Crippen LogP contribution in [0.4, 0.5) is 0 Å². The molecule has 1 N–H and O–H groups in total. The van der Waals surface area contributed by atoms with E-state index in [1.54, 1.807) is 24.3 Å². The Labute approximate surface area is 138 Å². The van der Waals surface area contributed by atoms with Crippen LogP contribution in [0.3, 0.4) is 0 Å². The van der Waals surface area contributed by atoms with E-state index < -0.39 is 0 Å². The summed E-state index contributed by atoms with van der Waals surface area (Å²) in [6.07, 6.45) is 0.167. The molecular formula is C17H27N2O4+. The Kier molecular flexibility index (Phi) is 7.54. The molecule has 0 unspecified atom stereocenters. The summed E-state index contributed by atoms with van der Waals surface area (Å²) in [6.45, 7) is 3.89. The minimum atomic E-state index is -0.301. The molecule has 0 aliphatic carbocycles. The van der Waals surface area contributed by atoms with Crippen LogP contribution < -0.4 is 10.1 Å². The van der Waals surface area contributed by atoms with E-state index in [1.807, 2.05) is 28.1 Å². The Hall–Kier alpha value is -2.08. The Bertz CT molecular complexity index is 506. The molecule has 0 saturated heterocycles. The Morgan fingerprint density at radius 2 is 1.78 bits per heavy atom. The van der Waals surface area contributed by atoms with Crippen LogP contribution in [0.1, 0.15) is 23.7 Å². The molecule has 0 saturated carbocycles. The first-order valence-electron chi connectivity index (χ1n) is 7.79. The van der Waals surface area contributed by atoms with Crippen LogP contribution in [0.5, 0.6) is 5.75 Å². The van der Waals surface area contributed by atoms with Crippen molar-refractivity contribution in [2.24, 2.45) is 0 Å². The van der Waals surface area contributed by atoms with Gasteiger partial charge in [0.1, 0.15) is 18.9 Å². The van der Waals surface area contributed by atoms with Crippen LogP contribution in [0.2, 0.25) is 0 Å². The van der Waals surface area contributed by atoms with Crippen molar-refractivity contribution in [1.82, 2.24) is 5.32 Å². The highest BCUT2D eigenvalue weighted by Crippen LogP contribution is 2.11. The number of ether oxygens (including phenoxy) is 2. The van der Waals surface area contributed by atoms with E-state index in [1.165, 1.54) is 0 Å². The summed E-state index contributed by atoms with van der Waals surface area (Å²) in [6, 6.07) is 6.88. The fourth-order valence-electron chi connectivity index (χ4n) is 1.75. The van der Waals surface area contributed by atoms with Gasteiger partial charge in [-0.2, -0.15) is 0 Å². The first-order valence-corrected chi connectivity index (χ1v) is 7.79. The summed E-state index contributed by atoms with van der Waals surface area (Å²) < 4.78 is 11.2. The van der Waals surface area contributed by atoms with E-state index >= 15 is 0 Å². The summed E-state index contributed by atoms with van der Waals surface area (Å²) in [5.41, 5.74) is 0.534. The van der Waals surface area contributed by atoms with Crippen LogP contribution >= 0.6 is 0 Å². The number of hydrogen-bond acceptors (Lipinski definition) is 4. The van der Waals surface area contributed by atoms with Crippen molar-refractivity contribution in [3.8, 4) is 5.75 Å². The van der Waals surface area contributed by atoms with Gasteiger partial charge in [0.25, 0.3) is 5.91 Å². The third-order valence-corrected chi connectivity index (χ3v) is 3.07. The van der Waals surface area contributed by atoms with Crippen molar-refractivity contribution in [3.05, 3.63) is 29.8 Å². The molecule has 0 aliphatic heterocycles. The molecule has 1 amide bonds. The quantitative estimate of drug-likeness (QED) is 0.552. The molecule has 1 aromatic carbocycles.